The summed E-state index contributed by atoms with van der Waals surface area (Å²) >= 11 is 0. The van der Waals surface area contributed by atoms with Crippen molar-refractivity contribution in [1.29, 1.82) is 0 Å². The van der Waals surface area contributed by atoms with Crippen molar-refractivity contribution in [3.8, 4) is 0 Å². The molecule has 4 nitrogen and oxygen atoms in total. The van der Waals surface area contributed by atoms with E-state index < -0.39 is 0 Å². The molecule has 2 rings (SSSR count). The number of carbonyl (C=O) groups is 1. The molecular formula is C22H40O4. The first-order valence-corrected chi connectivity index (χ1v) is 11.2. The number of unbranched alkanes of at least 4 members (excludes halogenated alkanes) is 6. The summed E-state index contributed by atoms with van der Waals surface area (Å²) in [5.41, 5.74) is 0. The molecule has 0 radical (unpaired) electrons. The van der Waals surface area contributed by atoms with Crippen molar-refractivity contribution in [2.24, 2.45) is 0 Å². The number of esters is 1. The van der Waals surface area contributed by atoms with Crippen molar-refractivity contribution < 1.29 is 19.0 Å². The van der Waals surface area contributed by atoms with Gasteiger partial charge in [-0.2, -0.15) is 0 Å². The number of ether oxygens (including phenoxy) is 3. The number of hydrogen-bond acceptors (Lipinski definition) is 4. The molecule has 2 heterocycles. The number of epoxide rings is 2. The van der Waals surface area contributed by atoms with Gasteiger partial charge in [-0.3, -0.25) is 4.79 Å². The van der Waals surface area contributed by atoms with Crippen LogP contribution in [0, 0.1) is 0 Å². The normalized spacial score (nSPS) is 26.7. The highest BCUT2D eigenvalue weighted by molar-refractivity contribution is 5.69. The van der Waals surface area contributed by atoms with E-state index in [1.165, 1.54) is 44.9 Å². The molecule has 2 aliphatic heterocycles. The van der Waals surface area contributed by atoms with E-state index in [1.807, 2.05) is 0 Å². The van der Waals surface area contributed by atoms with Crippen LogP contribution in [0.4, 0.5) is 0 Å². The van der Waals surface area contributed by atoms with Gasteiger partial charge in [-0.05, 0) is 38.5 Å². The Bertz CT molecular complexity index is 384. The van der Waals surface area contributed by atoms with Crippen LogP contribution >= 0.6 is 0 Å². The van der Waals surface area contributed by atoms with Gasteiger partial charge in [-0.1, -0.05) is 58.8 Å². The topological polar surface area (TPSA) is 51.4 Å². The van der Waals surface area contributed by atoms with E-state index in [-0.39, 0.29) is 5.97 Å². The number of hydrogen-bond donors (Lipinski definition) is 0. The quantitative estimate of drug-likeness (QED) is 0.191. The van der Waals surface area contributed by atoms with E-state index in [2.05, 4.69) is 13.8 Å². The predicted octanol–water partition coefficient (Wildman–Crippen LogP) is 5.57. The maximum absolute atomic E-state index is 11.5. The minimum atomic E-state index is -0.0560. The smallest absolute Gasteiger partial charge is 0.305 e. The second-order valence-corrected chi connectivity index (χ2v) is 8.03. The standard InChI is InChI=1S/C22H40O4/c1-3-5-7-8-9-10-12-18-20(25-18)15-16-21-19(26-21)13-11-14-22(23)24-17-6-4-2/h18-21H,3-17H2,1-2H3. The minimum absolute atomic E-state index is 0.0560. The molecule has 0 aromatic heterocycles. The van der Waals surface area contributed by atoms with E-state index in [0.29, 0.717) is 37.4 Å². The molecule has 0 aromatic rings. The molecule has 2 fully saturated rings. The molecule has 0 aliphatic carbocycles. The molecule has 2 saturated heterocycles. The molecule has 26 heavy (non-hydrogen) atoms. The van der Waals surface area contributed by atoms with E-state index in [9.17, 15) is 4.79 Å². The van der Waals surface area contributed by atoms with Crippen LogP contribution in [0.3, 0.4) is 0 Å². The van der Waals surface area contributed by atoms with Gasteiger partial charge in [0, 0.05) is 6.42 Å². The lowest BCUT2D eigenvalue weighted by Crippen LogP contribution is -2.06. The molecular weight excluding hydrogens is 328 g/mol. The van der Waals surface area contributed by atoms with Crippen LogP contribution in [0.2, 0.25) is 0 Å². The molecule has 0 amide bonds. The molecule has 4 atom stereocenters. The average molecular weight is 369 g/mol. The Morgan fingerprint density at radius 1 is 0.692 bits per heavy atom. The summed E-state index contributed by atoms with van der Waals surface area (Å²) in [5.74, 6) is -0.0560. The maximum atomic E-state index is 11.5. The second kappa shape index (κ2) is 12.7. The van der Waals surface area contributed by atoms with Crippen LogP contribution in [0.15, 0.2) is 0 Å². The fraction of sp³-hybridized carbons (Fsp3) is 0.955. The highest BCUT2D eigenvalue weighted by Gasteiger charge is 2.42. The highest BCUT2D eigenvalue weighted by Crippen LogP contribution is 2.36. The number of rotatable bonds is 17. The minimum Gasteiger partial charge on any atom is -0.466 e. The zero-order chi connectivity index (χ0) is 18.6. The summed E-state index contributed by atoms with van der Waals surface area (Å²) in [6, 6.07) is 0. The summed E-state index contributed by atoms with van der Waals surface area (Å²) in [7, 11) is 0. The molecule has 0 bridgehead atoms. The Morgan fingerprint density at radius 3 is 1.88 bits per heavy atom. The second-order valence-electron chi connectivity index (χ2n) is 8.03. The van der Waals surface area contributed by atoms with Crippen LogP contribution in [0.1, 0.15) is 104 Å². The van der Waals surface area contributed by atoms with Crippen molar-refractivity contribution in [1.82, 2.24) is 0 Å². The van der Waals surface area contributed by atoms with E-state index >= 15 is 0 Å². The summed E-state index contributed by atoms with van der Waals surface area (Å²) in [4.78, 5) is 11.5. The largest absolute Gasteiger partial charge is 0.466 e. The lowest BCUT2D eigenvalue weighted by Gasteiger charge is -2.02. The first-order chi connectivity index (χ1) is 12.7. The lowest BCUT2D eigenvalue weighted by molar-refractivity contribution is -0.143. The summed E-state index contributed by atoms with van der Waals surface area (Å²) < 4.78 is 16.7. The van der Waals surface area contributed by atoms with Gasteiger partial charge in [0.25, 0.3) is 0 Å². The van der Waals surface area contributed by atoms with Gasteiger partial charge in [0.15, 0.2) is 0 Å². The molecule has 4 heteroatoms. The van der Waals surface area contributed by atoms with Gasteiger partial charge in [0.1, 0.15) is 0 Å². The Labute approximate surface area is 160 Å². The fourth-order valence-electron chi connectivity index (χ4n) is 3.68. The van der Waals surface area contributed by atoms with Crippen LogP contribution in [0.5, 0.6) is 0 Å². The van der Waals surface area contributed by atoms with Crippen molar-refractivity contribution in [2.75, 3.05) is 6.61 Å². The third-order valence-corrected chi connectivity index (χ3v) is 5.58. The van der Waals surface area contributed by atoms with Crippen LogP contribution < -0.4 is 0 Å². The summed E-state index contributed by atoms with van der Waals surface area (Å²) in [6.45, 7) is 4.93. The Morgan fingerprint density at radius 2 is 1.23 bits per heavy atom. The zero-order valence-corrected chi connectivity index (χ0v) is 17.0. The monoisotopic (exact) mass is 368 g/mol. The van der Waals surface area contributed by atoms with Crippen molar-refractivity contribution in [3.63, 3.8) is 0 Å². The third-order valence-electron chi connectivity index (χ3n) is 5.58. The van der Waals surface area contributed by atoms with E-state index in [0.717, 1.165) is 38.5 Å². The maximum Gasteiger partial charge on any atom is 0.305 e. The number of carbonyl (C=O) groups excluding carboxylic acids is 1. The highest BCUT2D eigenvalue weighted by atomic mass is 16.6. The first kappa shape index (κ1) is 21.7. The third kappa shape index (κ3) is 9.36. The SMILES string of the molecule is CCCCCCCCC1OC1CCC1OC1CCCC(=O)OCCCC. The average Bonchev–Trinajstić information content (AvgIpc) is 3.53. The van der Waals surface area contributed by atoms with Crippen molar-refractivity contribution in [3.05, 3.63) is 0 Å². The van der Waals surface area contributed by atoms with E-state index in [4.69, 9.17) is 14.2 Å². The molecule has 0 saturated carbocycles. The van der Waals surface area contributed by atoms with Gasteiger partial charge in [-0.25, -0.2) is 0 Å². The lowest BCUT2D eigenvalue weighted by atomic mass is 10.0. The molecule has 0 spiro atoms. The van der Waals surface area contributed by atoms with Crippen molar-refractivity contribution in [2.45, 2.75) is 128 Å². The summed E-state index contributed by atoms with van der Waals surface area (Å²) in [6.07, 6.45) is 17.9. The van der Waals surface area contributed by atoms with E-state index in [1.54, 1.807) is 0 Å². The molecule has 0 aromatic carbocycles. The van der Waals surface area contributed by atoms with Gasteiger partial charge in [-0.15, -0.1) is 0 Å². The van der Waals surface area contributed by atoms with Gasteiger partial charge in [0.05, 0.1) is 31.0 Å². The Hall–Kier alpha value is -0.610. The first-order valence-electron chi connectivity index (χ1n) is 11.2. The van der Waals surface area contributed by atoms with Crippen molar-refractivity contribution >= 4 is 5.97 Å². The van der Waals surface area contributed by atoms with Gasteiger partial charge in [0.2, 0.25) is 0 Å². The van der Waals surface area contributed by atoms with Crippen LogP contribution in [-0.2, 0) is 19.0 Å². The Kier molecular flexibility index (Phi) is 10.6. The predicted molar refractivity (Wildman–Crippen MR) is 104 cm³/mol. The van der Waals surface area contributed by atoms with Gasteiger partial charge < -0.3 is 14.2 Å². The Balaban J connectivity index is 1.36. The fourth-order valence-corrected chi connectivity index (χ4v) is 3.68. The molecule has 4 unspecified atom stereocenters. The van der Waals surface area contributed by atoms with Crippen LogP contribution in [0.25, 0.3) is 0 Å². The molecule has 2 aliphatic rings. The molecule has 0 N–H and O–H groups in total. The summed E-state index contributed by atoms with van der Waals surface area (Å²) in [5, 5.41) is 0. The van der Waals surface area contributed by atoms with Crippen LogP contribution in [-0.4, -0.2) is 37.0 Å². The van der Waals surface area contributed by atoms with Gasteiger partial charge >= 0.3 is 5.97 Å². The molecule has 152 valence electrons. The zero-order valence-electron chi connectivity index (χ0n) is 17.0.